The van der Waals surface area contributed by atoms with Gasteiger partial charge in [0, 0.05) is 5.69 Å². The maximum absolute atomic E-state index is 13.5. The van der Waals surface area contributed by atoms with Gasteiger partial charge in [-0.25, -0.2) is 8.78 Å². The maximum Gasteiger partial charge on any atom is 0.233 e. The summed E-state index contributed by atoms with van der Waals surface area (Å²) in [6.45, 7) is 0.473. The monoisotopic (exact) mass is 481 g/mol. The standard InChI is InChI=1S/C31H25F2NO2/c32-25-13-9-22(10-14-25)7-4-8-29-30(34(31(29)35)27-17-15-26(33)16-18-27)24-11-19-28(20-12-24)36-21-23-5-2-1-3-6-23/h1-7,9-20,29-30H,8,21H2. The minimum absolute atomic E-state index is 0.0141. The van der Waals surface area contributed by atoms with Crippen LogP contribution >= 0.6 is 0 Å². The minimum atomic E-state index is -0.345. The van der Waals surface area contributed by atoms with Gasteiger partial charge in [-0.05, 0) is 71.6 Å². The van der Waals surface area contributed by atoms with Gasteiger partial charge in [-0.1, -0.05) is 66.7 Å². The van der Waals surface area contributed by atoms with Gasteiger partial charge >= 0.3 is 0 Å². The molecule has 0 spiro atoms. The molecule has 4 aromatic carbocycles. The van der Waals surface area contributed by atoms with Gasteiger partial charge < -0.3 is 9.64 Å². The highest BCUT2D eigenvalue weighted by molar-refractivity contribution is 6.03. The van der Waals surface area contributed by atoms with E-state index in [2.05, 4.69) is 0 Å². The molecule has 0 aromatic heterocycles. The number of allylic oxidation sites excluding steroid dienone is 1. The Bertz CT molecular complexity index is 1330. The fourth-order valence-electron chi connectivity index (χ4n) is 4.48. The Hall–Kier alpha value is -4.25. The van der Waals surface area contributed by atoms with E-state index in [1.54, 1.807) is 29.2 Å². The number of halogens is 2. The number of nitrogens with zero attached hydrogens (tertiary/aromatic N) is 1. The van der Waals surface area contributed by atoms with Crippen molar-refractivity contribution in [1.82, 2.24) is 0 Å². The van der Waals surface area contributed by atoms with Crippen molar-refractivity contribution in [3.8, 4) is 5.75 Å². The zero-order valence-electron chi connectivity index (χ0n) is 19.6. The predicted molar refractivity (Wildman–Crippen MR) is 137 cm³/mol. The van der Waals surface area contributed by atoms with Crippen molar-refractivity contribution < 1.29 is 18.3 Å². The molecule has 0 N–H and O–H groups in total. The first-order chi connectivity index (χ1) is 17.6. The highest BCUT2D eigenvalue weighted by Gasteiger charge is 2.47. The van der Waals surface area contributed by atoms with Crippen LogP contribution < -0.4 is 9.64 Å². The summed E-state index contributed by atoms with van der Waals surface area (Å²) in [5.41, 5.74) is 3.59. The second kappa shape index (κ2) is 10.6. The second-order valence-electron chi connectivity index (χ2n) is 8.77. The molecule has 180 valence electrons. The number of hydrogen-bond acceptors (Lipinski definition) is 2. The van der Waals surface area contributed by atoms with Crippen molar-refractivity contribution in [3.63, 3.8) is 0 Å². The summed E-state index contributed by atoms with van der Waals surface area (Å²) in [5.74, 6) is -0.161. The van der Waals surface area contributed by atoms with Crippen LogP contribution in [0.3, 0.4) is 0 Å². The van der Waals surface area contributed by atoms with Gasteiger partial charge in [0.15, 0.2) is 0 Å². The predicted octanol–water partition coefficient (Wildman–Crippen LogP) is 7.35. The van der Waals surface area contributed by atoms with Gasteiger partial charge in [-0.15, -0.1) is 0 Å². The Morgan fingerprint density at radius 2 is 1.42 bits per heavy atom. The topological polar surface area (TPSA) is 29.5 Å². The molecule has 36 heavy (non-hydrogen) atoms. The lowest BCUT2D eigenvalue weighted by molar-refractivity contribution is -0.130. The zero-order valence-corrected chi connectivity index (χ0v) is 19.6. The normalized spacial score (nSPS) is 17.3. The van der Waals surface area contributed by atoms with Gasteiger partial charge in [-0.2, -0.15) is 0 Å². The molecule has 4 aromatic rings. The average Bonchev–Trinajstić information content (AvgIpc) is 2.91. The number of hydrogen-bond donors (Lipinski definition) is 0. The van der Waals surface area contributed by atoms with Crippen LogP contribution in [0.2, 0.25) is 0 Å². The first-order valence-corrected chi connectivity index (χ1v) is 11.9. The van der Waals surface area contributed by atoms with Crippen molar-refractivity contribution in [3.05, 3.63) is 138 Å². The quantitative estimate of drug-likeness (QED) is 0.246. The lowest BCUT2D eigenvalue weighted by atomic mass is 9.79. The van der Waals surface area contributed by atoms with E-state index in [-0.39, 0.29) is 29.5 Å². The van der Waals surface area contributed by atoms with Crippen molar-refractivity contribution in [2.24, 2.45) is 5.92 Å². The summed E-state index contributed by atoms with van der Waals surface area (Å²) in [6, 6.07) is 29.7. The van der Waals surface area contributed by atoms with Crippen LogP contribution in [0.5, 0.6) is 5.75 Å². The summed E-state index contributed by atoms with van der Waals surface area (Å²) >= 11 is 0. The summed E-state index contributed by atoms with van der Waals surface area (Å²) in [4.78, 5) is 14.9. The first-order valence-electron chi connectivity index (χ1n) is 11.9. The van der Waals surface area contributed by atoms with Gasteiger partial charge in [0.1, 0.15) is 24.0 Å². The number of carbonyl (C=O) groups excluding carboxylic acids is 1. The molecule has 0 radical (unpaired) electrons. The third-order valence-corrected chi connectivity index (χ3v) is 6.36. The van der Waals surface area contributed by atoms with Crippen LogP contribution in [-0.2, 0) is 11.4 Å². The SMILES string of the molecule is O=C1C(CC=Cc2ccc(F)cc2)C(c2ccc(OCc3ccccc3)cc2)N1c1ccc(F)cc1. The summed E-state index contributed by atoms with van der Waals surface area (Å²) in [5, 5.41) is 0. The number of rotatable bonds is 8. The lowest BCUT2D eigenvalue weighted by Crippen LogP contribution is -2.55. The van der Waals surface area contributed by atoms with Gasteiger partial charge in [0.25, 0.3) is 0 Å². The fourth-order valence-corrected chi connectivity index (χ4v) is 4.48. The van der Waals surface area contributed by atoms with E-state index in [1.807, 2.05) is 66.7 Å². The average molecular weight is 482 g/mol. The Labute approximate surface area is 209 Å². The third-order valence-electron chi connectivity index (χ3n) is 6.36. The van der Waals surface area contributed by atoms with Crippen molar-refractivity contribution in [1.29, 1.82) is 0 Å². The van der Waals surface area contributed by atoms with Gasteiger partial charge in [-0.3, -0.25) is 4.79 Å². The molecule has 1 saturated heterocycles. The fraction of sp³-hybridized carbons (Fsp3) is 0.129. The molecule has 0 aliphatic carbocycles. The van der Waals surface area contributed by atoms with E-state index in [0.717, 1.165) is 22.4 Å². The van der Waals surface area contributed by atoms with E-state index in [4.69, 9.17) is 4.74 Å². The molecular weight excluding hydrogens is 456 g/mol. The molecule has 0 bridgehead atoms. The van der Waals surface area contributed by atoms with Crippen LogP contribution in [0, 0.1) is 17.6 Å². The van der Waals surface area contributed by atoms with E-state index < -0.39 is 0 Å². The number of benzene rings is 4. The molecule has 1 fully saturated rings. The van der Waals surface area contributed by atoms with Crippen LogP contribution in [0.1, 0.15) is 29.2 Å². The van der Waals surface area contributed by atoms with Crippen molar-refractivity contribution in [2.75, 3.05) is 4.90 Å². The molecule has 1 aliphatic rings. The highest BCUT2D eigenvalue weighted by Crippen LogP contribution is 2.45. The number of β-lactam (4-membered cyclic amide) rings is 1. The van der Waals surface area contributed by atoms with Crippen molar-refractivity contribution >= 4 is 17.7 Å². The largest absolute Gasteiger partial charge is 0.489 e. The second-order valence-corrected chi connectivity index (χ2v) is 8.77. The molecule has 5 heteroatoms. The minimum Gasteiger partial charge on any atom is -0.489 e. The van der Waals surface area contributed by atoms with E-state index in [9.17, 15) is 13.6 Å². The van der Waals surface area contributed by atoms with Crippen LogP contribution in [0.25, 0.3) is 6.08 Å². The summed E-state index contributed by atoms with van der Waals surface area (Å²) in [6.07, 6.45) is 4.37. The maximum atomic E-state index is 13.5. The van der Waals surface area contributed by atoms with Crippen molar-refractivity contribution in [2.45, 2.75) is 19.1 Å². The number of ether oxygens (including phenoxy) is 1. The Morgan fingerprint density at radius 3 is 2.08 bits per heavy atom. The van der Waals surface area contributed by atoms with Crippen LogP contribution in [-0.4, -0.2) is 5.91 Å². The van der Waals surface area contributed by atoms with Gasteiger partial charge in [0.05, 0.1) is 12.0 Å². The Morgan fingerprint density at radius 1 is 0.778 bits per heavy atom. The van der Waals surface area contributed by atoms with Crippen LogP contribution in [0.15, 0.2) is 109 Å². The molecule has 2 atom stereocenters. The molecule has 5 rings (SSSR count). The number of amides is 1. The molecule has 2 unspecified atom stereocenters. The molecular formula is C31H25F2NO2. The number of anilines is 1. The Balaban J connectivity index is 1.34. The first kappa shape index (κ1) is 23.5. The molecule has 3 nitrogen and oxygen atoms in total. The third kappa shape index (κ3) is 5.20. The van der Waals surface area contributed by atoms with E-state index >= 15 is 0 Å². The molecule has 1 aliphatic heterocycles. The molecule has 1 heterocycles. The molecule has 1 amide bonds. The Kier molecular flexibility index (Phi) is 6.89. The highest BCUT2D eigenvalue weighted by atomic mass is 19.1. The summed E-state index contributed by atoms with van der Waals surface area (Å²) < 4.78 is 32.6. The van der Waals surface area contributed by atoms with Crippen LogP contribution in [0.4, 0.5) is 14.5 Å². The van der Waals surface area contributed by atoms with E-state index in [1.165, 1.54) is 24.3 Å². The summed E-state index contributed by atoms with van der Waals surface area (Å²) in [7, 11) is 0. The number of carbonyl (C=O) groups is 1. The zero-order chi connectivity index (χ0) is 24.9. The smallest absolute Gasteiger partial charge is 0.233 e. The van der Waals surface area contributed by atoms with Gasteiger partial charge in [0.2, 0.25) is 5.91 Å². The molecule has 0 saturated carbocycles. The lowest BCUT2D eigenvalue weighted by Gasteiger charge is -2.47. The van der Waals surface area contributed by atoms with E-state index in [0.29, 0.717) is 18.7 Å².